The Bertz CT molecular complexity index is 535. The van der Waals surface area contributed by atoms with Gasteiger partial charge in [-0.15, -0.1) is 16.4 Å². The molecule has 0 aliphatic rings. The number of aromatic nitrogens is 3. The summed E-state index contributed by atoms with van der Waals surface area (Å²) in [5.41, 5.74) is 5.36. The van der Waals surface area contributed by atoms with Crippen molar-refractivity contribution >= 4 is 23.2 Å². The minimum atomic E-state index is -0.312. The normalized spacial score (nSPS) is 12.6. The van der Waals surface area contributed by atoms with Crippen LogP contribution in [0.3, 0.4) is 0 Å². The van der Waals surface area contributed by atoms with E-state index in [1.165, 1.54) is 4.88 Å². The molecule has 0 spiro atoms. The second kappa shape index (κ2) is 5.81. The number of nitrogens with zero attached hydrogens (tertiary/aromatic N) is 3. The number of carbonyl (C=O) groups excluding carboxylic acids is 1. The van der Waals surface area contributed by atoms with Crippen LogP contribution in [-0.2, 0) is 0 Å². The van der Waals surface area contributed by atoms with E-state index in [9.17, 15) is 4.79 Å². The number of hydrogen-bond acceptors (Lipinski definition) is 6. The summed E-state index contributed by atoms with van der Waals surface area (Å²) in [6, 6.07) is 4.17. The lowest BCUT2D eigenvalue weighted by Gasteiger charge is -2.23. The molecule has 0 aliphatic carbocycles. The highest BCUT2D eigenvalue weighted by Crippen LogP contribution is 2.22. The maximum atomic E-state index is 11.8. The van der Waals surface area contributed by atoms with Crippen molar-refractivity contribution in [3.05, 3.63) is 28.2 Å². The average molecular weight is 280 g/mol. The van der Waals surface area contributed by atoms with Crippen molar-refractivity contribution in [1.29, 1.82) is 0 Å². The first-order valence-corrected chi connectivity index (χ1v) is 6.62. The van der Waals surface area contributed by atoms with Crippen LogP contribution in [0.2, 0.25) is 0 Å². The molecule has 2 aromatic rings. The molecule has 0 bridgehead atoms. The van der Waals surface area contributed by atoms with Crippen LogP contribution in [0.15, 0.2) is 17.5 Å². The number of anilines is 1. The second-order valence-corrected chi connectivity index (χ2v) is 5.23. The van der Waals surface area contributed by atoms with Crippen LogP contribution in [0.25, 0.3) is 0 Å². The van der Waals surface area contributed by atoms with Gasteiger partial charge in [0.15, 0.2) is 0 Å². The van der Waals surface area contributed by atoms with Gasteiger partial charge in [-0.2, -0.15) is 4.98 Å². The number of H-pyrrole nitrogens is 1. The van der Waals surface area contributed by atoms with E-state index in [-0.39, 0.29) is 23.7 Å². The standard InChI is InChI=1S/C11H16N6OS/c1-17(2)7(8-4-3-5-19-8)6-13-10(18)9-14-11(12)16-15-9/h3-5,7H,6H2,1-2H3,(H,13,18)(H3,12,14,15,16). The third-order valence-electron chi connectivity index (χ3n) is 2.67. The molecule has 1 amide bonds. The maximum Gasteiger partial charge on any atom is 0.288 e. The van der Waals surface area contributed by atoms with Crippen molar-refractivity contribution in [1.82, 2.24) is 25.4 Å². The zero-order valence-electron chi connectivity index (χ0n) is 10.8. The fourth-order valence-electron chi connectivity index (χ4n) is 1.67. The molecule has 4 N–H and O–H groups in total. The molecule has 8 heteroatoms. The number of nitrogen functional groups attached to an aromatic ring is 1. The molecule has 2 aromatic heterocycles. The topological polar surface area (TPSA) is 99.9 Å². The molecule has 7 nitrogen and oxygen atoms in total. The van der Waals surface area contributed by atoms with Crippen LogP contribution in [-0.4, -0.2) is 46.6 Å². The van der Waals surface area contributed by atoms with Gasteiger partial charge in [0.2, 0.25) is 11.8 Å². The van der Waals surface area contributed by atoms with Crippen LogP contribution < -0.4 is 11.1 Å². The summed E-state index contributed by atoms with van der Waals surface area (Å²) in [5, 5.41) is 10.9. The molecule has 1 unspecified atom stereocenters. The first kappa shape index (κ1) is 13.5. The number of thiophene rings is 1. The van der Waals surface area contributed by atoms with Crippen molar-refractivity contribution in [2.75, 3.05) is 26.4 Å². The molecule has 2 rings (SSSR count). The Morgan fingerprint density at radius 3 is 2.95 bits per heavy atom. The number of aromatic amines is 1. The first-order valence-electron chi connectivity index (χ1n) is 5.74. The van der Waals surface area contributed by atoms with E-state index in [4.69, 9.17) is 5.73 Å². The zero-order chi connectivity index (χ0) is 13.8. The highest BCUT2D eigenvalue weighted by molar-refractivity contribution is 7.10. The number of nitrogens with one attached hydrogen (secondary N) is 2. The average Bonchev–Trinajstić information content (AvgIpc) is 3.00. The number of rotatable bonds is 5. The van der Waals surface area contributed by atoms with Gasteiger partial charge in [0, 0.05) is 11.4 Å². The molecule has 0 saturated heterocycles. The molecule has 0 fully saturated rings. The fraction of sp³-hybridized carbons (Fsp3) is 0.364. The van der Waals surface area contributed by atoms with E-state index in [1.54, 1.807) is 11.3 Å². The third-order valence-corrected chi connectivity index (χ3v) is 3.64. The number of nitrogens with two attached hydrogens (primary N) is 1. The predicted octanol–water partition coefficient (Wildman–Crippen LogP) is 0.481. The molecule has 0 radical (unpaired) electrons. The van der Waals surface area contributed by atoms with Crippen molar-refractivity contribution in [2.45, 2.75) is 6.04 Å². The van der Waals surface area contributed by atoms with Crippen LogP contribution in [0.1, 0.15) is 21.5 Å². The van der Waals surface area contributed by atoms with E-state index in [0.717, 1.165) is 0 Å². The van der Waals surface area contributed by atoms with E-state index >= 15 is 0 Å². The van der Waals surface area contributed by atoms with Gasteiger partial charge < -0.3 is 16.0 Å². The first-order chi connectivity index (χ1) is 9.08. The maximum absolute atomic E-state index is 11.8. The van der Waals surface area contributed by atoms with Gasteiger partial charge in [0.1, 0.15) is 0 Å². The summed E-state index contributed by atoms with van der Waals surface area (Å²) in [5.74, 6) is -0.124. The Hall–Kier alpha value is -1.93. The van der Waals surface area contributed by atoms with Crippen molar-refractivity contribution < 1.29 is 4.79 Å². The number of hydrogen-bond donors (Lipinski definition) is 3. The summed E-state index contributed by atoms with van der Waals surface area (Å²) < 4.78 is 0. The molecule has 102 valence electrons. The summed E-state index contributed by atoms with van der Waals surface area (Å²) in [7, 11) is 3.95. The van der Waals surface area contributed by atoms with Gasteiger partial charge in [-0.3, -0.25) is 9.89 Å². The predicted molar refractivity (Wildman–Crippen MR) is 73.9 cm³/mol. The highest BCUT2D eigenvalue weighted by atomic mass is 32.1. The Kier molecular flexibility index (Phi) is 4.13. The number of likely N-dealkylation sites (N-methyl/N-ethyl adjacent to an activating group) is 1. The molecular formula is C11H16N6OS. The van der Waals surface area contributed by atoms with Gasteiger partial charge in [-0.1, -0.05) is 6.07 Å². The van der Waals surface area contributed by atoms with Gasteiger partial charge in [-0.05, 0) is 25.5 Å². The summed E-state index contributed by atoms with van der Waals surface area (Å²) in [6.07, 6.45) is 0. The minimum Gasteiger partial charge on any atom is -0.366 e. The Morgan fingerprint density at radius 1 is 1.63 bits per heavy atom. The van der Waals surface area contributed by atoms with Gasteiger partial charge in [0.05, 0.1) is 6.04 Å². The lowest BCUT2D eigenvalue weighted by atomic mass is 10.2. The summed E-state index contributed by atoms with van der Waals surface area (Å²) in [6.45, 7) is 0.493. The number of carbonyl (C=O) groups is 1. The molecule has 0 saturated carbocycles. The van der Waals surface area contributed by atoms with Crippen LogP contribution in [0.5, 0.6) is 0 Å². The molecular weight excluding hydrogens is 264 g/mol. The Morgan fingerprint density at radius 2 is 2.42 bits per heavy atom. The molecule has 0 aromatic carbocycles. The highest BCUT2D eigenvalue weighted by Gasteiger charge is 2.18. The lowest BCUT2D eigenvalue weighted by molar-refractivity contribution is 0.0932. The van der Waals surface area contributed by atoms with Crippen molar-refractivity contribution in [2.24, 2.45) is 0 Å². The van der Waals surface area contributed by atoms with Crippen LogP contribution in [0, 0.1) is 0 Å². The number of amides is 1. The largest absolute Gasteiger partial charge is 0.366 e. The fourth-order valence-corrected chi connectivity index (χ4v) is 2.59. The monoisotopic (exact) mass is 280 g/mol. The lowest BCUT2D eigenvalue weighted by Crippen LogP contribution is -2.34. The second-order valence-electron chi connectivity index (χ2n) is 4.25. The van der Waals surface area contributed by atoms with Gasteiger partial charge in [-0.25, -0.2) is 0 Å². The smallest absolute Gasteiger partial charge is 0.288 e. The van der Waals surface area contributed by atoms with Crippen molar-refractivity contribution in [3.8, 4) is 0 Å². The minimum absolute atomic E-state index is 0.0626. The van der Waals surface area contributed by atoms with Crippen molar-refractivity contribution in [3.63, 3.8) is 0 Å². The third kappa shape index (κ3) is 3.30. The molecule has 1 atom stereocenters. The van der Waals surface area contributed by atoms with E-state index in [2.05, 4.69) is 25.4 Å². The Balaban J connectivity index is 1.98. The molecule has 0 aliphatic heterocycles. The van der Waals surface area contributed by atoms with E-state index in [1.807, 2.05) is 31.6 Å². The van der Waals surface area contributed by atoms with Gasteiger partial charge in [0.25, 0.3) is 5.91 Å². The summed E-state index contributed by atoms with van der Waals surface area (Å²) in [4.78, 5) is 18.9. The van der Waals surface area contributed by atoms with Crippen LogP contribution >= 0.6 is 11.3 Å². The van der Waals surface area contributed by atoms with Gasteiger partial charge >= 0.3 is 0 Å². The Labute approximate surface area is 114 Å². The molecule has 19 heavy (non-hydrogen) atoms. The van der Waals surface area contributed by atoms with Crippen LogP contribution in [0.4, 0.5) is 5.95 Å². The molecule has 2 heterocycles. The van der Waals surface area contributed by atoms with E-state index < -0.39 is 0 Å². The zero-order valence-corrected chi connectivity index (χ0v) is 11.6. The SMILES string of the molecule is CN(C)C(CNC(=O)c1nc(N)n[nH]1)c1cccs1. The summed E-state index contributed by atoms with van der Waals surface area (Å²) >= 11 is 1.66. The van der Waals surface area contributed by atoms with E-state index in [0.29, 0.717) is 6.54 Å². The quantitative estimate of drug-likeness (QED) is 0.739.